The summed E-state index contributed by atoms with van der Waals surface area (Å²) in [7, 11) is 0. The highest BCUT2D eigenvalue weighted by molar-refractivity contribution is 6.29. The van der Waals surface area contributed by atoms with Crippen molar-refractivity contribution in [2.75, 3.05) is 23.7 Å². The zero-order valence-corrected chi connectivity index (χ0v) is 16.3. The first kappa shape index (κ1) is 19.4. The van der Waals surface area contributed by atoms with E-state index in [1.807, 2.05) is 0 Å². The van der Waals surface area contributed by atoms with Crippen molar-refractivity contribution < 1.29 is 23.5 Å². The van der Waals surface area contributed by atoms with Gasteiger partial charge in [-0.15, -0.1) is 0 Å². The largest absolute Gasteiger partial charge is 0.622 e. The van der Waals surface area contributed by atoms with Crippen LogP contribution in [0.25, 0.3) is 0 Å². The SMILES string of the molecule is Cc1c(N2CCC3(CC3N)C2)c(F)c(N)c2c1[N+]([O-])([C@@H]1C[C@@H]1F)C=C(C(=O)O)C2=O. The van der Waals surface area contributed by atoms with E-state index in [2.05, 4.69) is 0 Å². The lowest BCUT2D eigenvalue weighted by Crippen LogP contribution is -2.47. The minimum absolute atomic E-state index is 0.0385. The number of ketones is 1. The smallest absolute Gasteiger partial charge is 0.345 e. The average molecular weight is 420 g/mol. The quantitative estimate of drug-likeness (QED) is 0.293. The molecule has 5 atom stereocenters. The number of nitrogens with zero attached hydrogens (tertiary/aromatic N) is 2. The van der Waals surface area contributed by atoms with Gasteiger partial charge in [-0.25, -0.2) is 13.6 Å². The van der Waals surface area contributed by atoms with Crippen molar-refractivity contribution in [3.63, 3.8) is 0 Å². The van der Waals surface area contributed by atoms with Crippen LogP contribution < -0.4 is 21.0 Å². The molecule has 0 aromatic heterocycles. The number of quaternary nitrogens is 1. The van der Waals surface area contributed by atoms with Crippen molar-refractivity contribution >= 4 is 28.8 Å². The van der Waals surface area contributed by atoms with Gasteiger partial charge in [0.05, 0.1) is 11.4 Å². The fraction of sp³-hybridized carbons (Fsp3) is 0.500. The van der Waals surface area contributed by atoms with Crippen LogP contribution in [0.4, 0.5) is 25.8 Å². The topological polar surface area (TPSA) is 133 Å². The highest BCUT2D eigenvalue weighted by Gasteiger charge is 2.58. The summed E-state index contributed by atoms with van der Waals surface area (Å²) >= 11 is 0. The lowest BCUT2D eigenvalue weighted by Gasteiger charge is -2.44. The minimum Gasteiger partial charge on any atom is -0.622 e. The van der Waals surface area contributed by atoms with E-state index in [0.29, 0.717) is 13.1 Å². The Bertz CT molecular complexity index is 1060. The number of hydroxylamine groups is 2. The minimum atomic E-state index is -1.63. The van der Waals surface area contributed by atoms with Crippen molar-refractivity contribution in [3.8, 4) is 0 Å². The Hall–Kier alpha value is -2.56. The van der Waals surface area contributed by atoms with Crippen molar-refractivity contribution in [2.45, 2.75) is 44.4 Å². The van der Waals surface area contributed by atoms with Gasteiger partial charge in [-0.05, 0) is 19.8 Å². The van der Waals surface area contributed by atoms with Crippen molar-refractivity contribution in [1.29, 1.82) is 0 Å². The van der Waals surface area contributed by atoms with Gasteiger partial charge < -0.3 is 26.7 Å². The summed E-state index contributed by atoms with van der Waals surface area (Å²) in [4.78, 5) is 26.2. The van der Waals surface area contributed by atoms with Crippen LogP contribution in [0.15, 0.2) is 11.8 Å². The van der Waals surface area contributed by atoms with Gasteiger partial charge in [0.15, 0.2) is 23.2 Å². The van der Waals surface area contributed by atoms with Crippen molar-refractivity contribution in [2.24, 2.45) is 11.1 Å². The van der Waals surface area contributed by atoms with Gasteiger partial charge >= 0.3 is 5.97 Å². The maximum Gasteiger partial charge on any atom is 0.345 e. The van der Waals surface area contributed by atoms with Crippen LogP contribution in [0.5, 0.6) is 0 Å². The van der Waals surface area contributed by atoms with Gasteiger partial charge in [0.25, 0.3) is 0 Å². The summed E-state index contributed by atoms with van der Waals surface area (Å²) in [6, 6.07) is -1.05. The fourth-order valence-corrected chi connectivity index (χ4v) is 5.22. The Kier molecular flexibility index (Phi) is 3.73. The maximum atomic E-state index is 15.4. The van der Waals surface area contributed by atoms with Crippen LogP contribution in [0, 0.1) is 23.4 Å². The molecule has 5 N–H and O–H groups in total. The molecule has 8 nitrogen and oxygen atoms in total. The van der Waals surface area contributed by atoms with E-state index < -0.39 is 51.3 Å². The summed E-state index contributed by atoms with van der Waals surface area (Å²) < 4.78 is 27.9. The molecule has 0 bridgehead atoms. The number of fused-ring (bicyclic) bond motifs is 1. The van der Waals surface area contributed by atoms with Gasteiger partial charge in [-0.3, -0.25) is 9.44 Å². The van der Waals surface area contributed by atoms with E-state index in [0.717, 1.165) is 19.0 Å². The molecule has 2 aliphatic carbocycles. The highest BCUT2D eigenvalue weighted by atomic mass is 19.1. The van der Waals surface area contributed by atoms with E-state index >= 15 is 4.39 Å². The Morgan fingerprint density at radius 1 is 1.47 bits per heavy atom. The number of carbonyl (C=O) groups excluding carboxylic acids is 1. The summed E-state index contributed by atoms with van der Waals surface area (Å²) in [5, 5.41) is 23.2. The molecule has 10 heteroatoms. The van der Waals surface area contributed by atoms with Crippen molar-refractivity contribution in [3.05, 3.63) is 33.9 Å². The zero-order chi connectivity index (χ0) is 21.7. The van der Waals surface area contributed by atoms with Gasteiger partial charge in [-0.2, -0.15) is 0 Å². The number of nitrogens with two attached hydrogens (primary N) is 2. The predicted octanol–water partition coefficient (Wildman–Crippen LogP) is 1.72. The van der Waals surface area contributed by atoms with Gasteiger partial charge in [0, 0.05) is 36.5 Å². The number of rotatable bonds is 3. The van der Waals surface area contributed by atoms with Gasteiger partial charge in [0.1, 0.15) is 17.8 Å². The normalized spacial score (nSPS) is 36.7. The molecule has 160 valence electrons. The first-order chi connectivity index (χ1) is 14.0. The zero-order valence-electron chi connectivity index (χ0n) is 16.3. The number of benzene rings is 1. The standard InChI is InChI=1S/C20H22F2N4O4/c1-8-16(25-3-2-20(7-25)5-12(20)23)14(22)15(24)13-17(8)26(30,11-4-10(11)21)6-9(18(13)27)19(28)29/h6,10-12H,2-5,7,23-24H2,1H3,(H,28,29)/t10-,11+,12?,20?,26?/m0/s1. The Labute approximate surface area is 170 Å². The molecule has 1 aromatic carbocycles. The molecule has 5 rings (SSSR count). The molecule has 1 aromatic rings. The van der Waals surface area contributed by atoms with E-state index in [4.69, 9.17) is 11.5 Å². The summed E-state index contributed by atoms with van der Waals surface area (Å²) in [5.74, 6) is -3.53. The molecule has 3 unspecified atom stereocenters. The van der Waals surface area contributed by atoms with Crippen LogP contribution in [-0.4, -0.2) is 48.2 Å². The Balaban J connectivity index is 1.72. The molecule has 4 aliphatic rings. The van der Waals surface area contributed by atoms with E-state index in [1.54, 1.807) is 4.90 Å². The average Bonchev–Trinajstić information content (AvgIpc) is 3.50. The number of Topliss-reactive ketones (excluding diaryl/α,β-unsaturated/α-hetero) is 1. The number of aliphatic carboxylic acids is 1. The molecule has 0 radical (unpaired) electrons. The van der Waals surface area contributed by atoms with E-state index in [1.165, 1.54) is 6.92 Å². The summed E-state index contributed by atoms with van der Waals surface area (Å²) in [6.45, 7) is 2.52. The molecule has 2 heterocycles. The second-order valence-corrected chi connectivity index (χ2v) is 8.97. The second kappa shape index (κ2) is 5.77. The number of carbonyl (C=O) groups is 2. The number of alkyl halides is 1. The van der Waals surface area contributed by atoms with Crippen LogP contribution in [0.3, 0.4) is 0 Å². The van der Waals surface area contributed by atoms with Crippen LogP contribution in [-0.2, 0) is 4.79 Å². The third-order valence-corrected chi connectivity index (χ3v) is 7.16. The second-order valence-electron chi connectivity index (χ2n) is 8.97. The summed E-state index contributed by atoms with van der Waals surface area (Å²) in [6.07, 6.45) is 0.824. The Morgan fingerprint density at radius 2 is 2.10 bits per heavy atom. The Morgan fingerprint density at radius 3 is 2.60 bits per heavy atom. The van der Waals surface area contributed by atoms with Crippen LogP contribution in [0.1, 0.15) is 35.2 Å². The molecule has 2 saturated carbocycles. The number of halogens is 2. The molecular weight excluding hydrogens is 398 g/mol. The number of carboxylic acid groups (broad SMARTS) is 1. The summed E-state index contributed by atoms with van der Waals surface area (Å²) in [5.41, 5.74) is 10.2. The first-order valence-electron chi connectivity index (χ1n) is 9.89. The van der Waals surface area contributed by atoms with E-state index in [9.17, 15) is 24.3 Å². The molecule has 0 amide bonds. The molecule has 30 heavy (non-hydrogen) atoms. The third kappa shape index (κ3) is 2.35. The molecule has 1 saturated heterocycles. The lowest BCUT2D eigenvalue weighted by atomic mass is 9.91. The number of nitrogen functional groups attached to an aromatic ring is 1. The maximum absolute atomic E-state index is 15.4. The number of hydrogen-bond acceptors (Lipinski definition) is 6. The van der Waals surface area contributed by atoms with Crippen LogP contribution >= 0.6 is 0 Å². The number of carboxylic acids is 1. The molecular formula is C20H22F2N4O4. The fourth-order valence-electron chi connectivity index (χ4n) is 5.22. The number of anilines is 2. The van der Waals surface area contributed by atoms with Crippen LogP contribution in [0.2, 0.25) is 0 Å². The van der Waals surface area contributed by atoms with Gasteiger partial charge in [-0.1, -0.05) is 0 Å². The molecule has 2 aliphatic heterocycles. The highest BCUT2D eigenvalue weighted by Crippen LogP contribution is 2.56. The first-order valence-corrected chi connectivity index (χ1v) is 9.89. The predicted molar refractivity (Wildman–Crippen MR) is 106 cm³/mol. The third-order valence-electron chi connectivity index (χ3n) is 7.16. The van der Waals surface area contributed by atoms with Crippen molar-refractivity contribution in [1.82, 2.24) is 4.65 Å². The lowest BCUT2D eigenvalue weighted by molar-refractivity contribution is -0.132. The van der Waals surface area contributed by atoms with E-state index in [-0.39, 0.29) is 34.8 Å². The number of hydrogen-bond donors (Lipinski definition) is 3. The monoisotopic (exact) mass is 420 g/mol. The molecule has 3 fully saturated rings. The molecule has 1 spiro atoms. The van der Waals surface area contributed by atoms with Gasteiger partial charge in [0.2, 0.25) is 5.78 Å².